The molecule has 0 radical (unpaired) electrons. The van der Waals surface area contributed by atoms with Gasteiger partial charge in [0.25, 0.3) is 0 Å². The zero-order chi connectivity index (χ0) is 18.5. The topological polar surface area (TPSA) is 183 Å². The van der Waals surface area contributed by atoms with Crippen LogP contribution in [0.2, 0.25) is 0 Å². The third kappa shape index (κ3) is 11.6. The van der Waals surface area contributed by atoms with Gasteiger partial charge in [-0.05, 0) is 36.6 Å². The predicted octanol–water partition coefficient (Wildman–Crippen LogP) is 0.152. The van der Waals surface area contributed by atoms with Crippen molar-refractivity contribution in [3.63, 3.8) is 0 Å². The zero-order valence-corrected chi connectivity index (χ0v) is 13.0. The number of nitrogens with two attached hydrogens (primary N) is 2. The lowest BCUT2D eigenvalue weighted by atomic mass is 10.2. The van der Waals surface area contributed by atoms with Crippen molar-refractivity contribution < 1.29 is 24.9 Å². The van der Waals surface area contributed by atoms with Gasteiger partial charge in [0.1, 0.15) is 11.8 Å². The second-order valence-electron chi connectivity index (χ2n) is 4.69. The molecule has 0 bridgehead atoms. The van der Waals surface area contributed by atoms with Crippen LogP contribution in [-0.2, 0) is 9.59 Å². The monoisotopic (exact) mass is 338 g/mol. The number of phenols is 1. The van der Waals surface area contributed by atoms with Gasteiger partial charge in [0.05, 0.1) is 0 Å². The van der Waals surface area contributed by atoms with E-state index in [0.29, 0.717) is 19.4 Å². The Balaban J connectivity index is 0.000000441. The highest BCUT2D eigenvalue weighted by atomic mass is 16.4. The molecule has 1 atom stereocenters. The fraction of sp³-hybridized carbons (Fsp3) is 0.267. The molecule has 0 amide bonds. The van der Waals surface area contributed by atoms with E-state index >= 15 is 0 Å². The van der Waals surface area contributed by atoms with Gasteiger partial charge in [-0.2, -0.15) is 0 Å². The van der Waals surface area contributed by atoms with Crippen LogP contribution in [0, 0.1) is 5.41 Å². The van der Waals surface area contributed by atoms with Gasteiger partial charge in [0.15, 0.2) is 5.96 Å². The van der Waals surface area contributed by atoms with Crippen molar-refractivity contribution in [2.24, 2.45) is 11.5 Å². The number of aliphatic carboxylic acids is 2. The number of benzene rings is 1. The highest BCUT2D eigenvalue weighted by Crippen LogP contribution is 2.10. The van der Waals surface area contributed by atoms with Crippen molar-refractivity contribution in [2.45, 2.75) is 18.9 Å². The van der Waals surface area contributed by atoms with Crippen molar-refractivity contribution >= 4 is 24.0 Å². The van der Waals surface area contributed by atoms with Gasteiger partial charge in [0.2, 0.25) is 0 Å². The van der Waals surface area contributed by atoms with E-state index in [1.165, 1.54) is 18.2 Å². The van der Waals surface area contributed by atoms with Crippen molar-refractivity contribution in [3.8, 4) is 5.75 Å². The summed E-state index contributed by atoms with van der Waals surface area (Å²) in [5, 5.41) is 34.9. The molecule has 9 N–H and O–H groups in total. The average Bonchev–Trinajstić information content (AvgIpc) is 2.51. The van der Waals surface area contributed by atoms with Gasteiger partial charge in [-0.25, -0.2) is 4.79 Å². The molecule has 9 heteroatoms. The van der Waals surface area contributed by atoms with E-state index in [1.54, 1.807) is 12.1 Å². The summed E-state index contributed by atoms with van der Waals surface area (Å²) in [6, 6.07) is 5.45. The Morgan fingerprint density at radius 2 is 1.83 bits per heavy atom. The van der Waals surface area contributed by atoms with Crippen molar-refractivity contribution in [1.82, 2.24) is 5.32 Å². The van der Waals surface area contributed by atoms with E-state index in [-0.39, 0.29) is 11.7 Å². The van der Waals surface area contributed by atoms with E-state index in [4.69, 9.17) is 32.2 Å². The lowest BCUT2D eigenvalue weighted by Crippen LogP contribution is -2.34. The van der Waals surface area contributed by atoms with Gasteiger partial charge >= 0.3 is 11.9 Å². The fourth-order valence-corrected chi connectivity index (χ4v) is 1.42. The summed E-state index contributed by atoms with van der Waals surface area (Å²) in [5.41, 5.74) is 11.0. The van der Waals surface area contributed by atoms with Gasteiger partial charge in [-0.15, -0.1) is 0 Å². The summed E-state index contributed by atoms with van der Waals surface area (Å²) in [6.45, 7) is 0.482. The zero-order valence-electron chi connectivity index (χ0n) is 13.0. The van der Waals surface area contributed by atoms with Crippen LogP contribution in [0.15, 0.2) is 30.3 Å². The summed E-state index contributed by atoms with van der Waals surface area (Å²) in [7, 11) is 0. The van der Waals surface area contributed by atoms with Crippen molar-refractivity contribution in [2.75, 3.05) is 6.54 Å². The summed E-state index contributed by atoms with van der Waals surface area (Å²) in [5.74, 6) is -1.93. The number of nitrogens with one attached hydrogen (secondary N) is 2. The third-order valence-corrected chi connectivity index (χ3v) is 2.64. The largest absolute Gasteiger partial charge is 0.508 e. The van der Waals surface area contributed by atoms with Crippen molar-refractivity contribution in [3.05, 3.63) is 35.9 Å². The Hall–Kier alpha value is -3.07. The standard InChI is InChI=1S/C9H8O3.C6H14N4O2/c10-8-4-1-7(2-5-8)3-6-9(11)12;7-4(5(11)12)2-1-3-10-6(8)9/h1-6,10H,(H,11,12);4H,1-3,7H2,(H,11,12)(H4,8,9,10)/t;4-/m.0/s1. The second-order valence-corrected chi connectivity index (χ2v) is 4.69. The number of rotatable bonds is 7. The van der Waals surface area contributed by atoms with E-state index in [9.17, 15) is 9.59 Å². The number of carbonyl (C=O) groups is 2. The minimum atomic E-state index is -1.00. The molecule has 0 unspecified atom stereocenters. The molecule has 0 aliphatic heterocycles. The van der Waals surface area contributed by atoms with E-state index in [0.717, 1.165) is 11.6 Å². The van der Waals surface area contributed by atoms with Crippen LogP contribution in [-0.4, -0.2) is 45.8 Å². The average molecular weight is 338 g/mol. The third-order valence-electron chi connectivity index (χ3n) is 2.64. The van der Waals surface area contributed by atoms with Gasteiger partial charge < -0.3 is 32.1 Å². The van der Waals surface area contributed by atoms with Crippen molar-refractivity contribution in [1.29, 1.82) is 5.41 Å². The summed E-state index contributed by atoms with van der Waals surface area (Å²) in [4.78, 5) is 20.3. The SMILES string of the molecule is N=C(N)NCCC[C@H](N)C(=O)O.O=C(O)C=Cc1ccc(O)cc1. The smallest absolute Gasteiger partial charge is 0.328 e. The van der Waals surface area contributed by atoms with E-state index in [2.05, 4.69) is 5.32 Å². The molecule has 1 aromatic rings. The molecule has 0 aromatic heterocycles. The Kier molecular flexibility index (Phi) is 10.0. The molecule has 132 valence electrons. The molecule has 1 aromatic carbocycles. The normalized spacial score (nSPS) is 11.2. The lowest BCUT2D eigenvalue weighted by Gasteiger charge is -2.06. The van der Waals surface area contributed by atoms with Crippen LogP contribution in [0.3, 0.4) is 0 Å². The molecular formula is C15H22N4O5. The Labute approximate surface area is 139 Å². The number of hydrogen-bond acceptors (Lipinski definition) is 5. The molecule has 0 spiro atoms. The van der Waals surface area contributed by atoms with Crippen LogP contribution in [0.1, 0.15) is 18.4 Å². The highest BCUT2D eigenvalue weighted by Gasteiger charge is 2.09. The molecule has 0 saturated carbocycles. The predicted molar refractivity (Wildman–Crippen MR) is 89.5 cm³/mol. The molecular weight excluding hydrogens is 316 g/mol. The number of aromatic hydroxyl groups is 1. The van der Waals surface area contributed by atoms with Crippen LogP contribution >= 0.6 is 0 Å². The number of carboxylic acids is 2. The summed E-state index contributed by atoms with van der Waals surface area (Å²) >= 11 is 0. The summed E-state index contributed by atoms with van der Waals surface area (Å²) in [6.07, 6.45) is 3.48. The molecule has 1 rings (SSSR count). The van der Waals surface area contributed by atoms with Crippen LogP contribution in [0.25, 0.3) is 6.08 Å². The first-order valence-corrected chi connectivity index (χ1v) is 6.98. The molecule has 0 fully saturated rings. The molecule has 0 aliphatic rings. The Bertz CT molecular complexity index is 572. The molecule has 9 nitrogen and oxygen atoms in total. The first kappa shape index (κ1) is 20.9. The quantitative estimate of drug-likeness (QED) is 0.158. The van der Waals surface area contributed by atoms with Crippen LogP contribution < -0.4 is 16.8 Å². The van der Waals surface area contributed by atoms with Gasteiger partial charge in [-0.1, -0.05) is 12.1 Å². The minimum Gasteiger partial charge on any atom is -0.508 e. The molecule has 24 heavy (non-hydrogen) atoms. The number of phenolic OH excluding ortho intramolecular Hbond substituents is 1. The lowest BCUT2D eigenvalue weighted by molar-refractivity contribution is -0.138. The first-order chi connectivity index (χ1) is 11.2. The maximum atomic E-state index is 10.2. The number of guanidine groups is 1. The number of carboxylic acid groups (broad SMARTS) is 2. The fourth-order valence-electron chi connectivity index (χ4n) is 1.42. The van der Waals surface area contributed by atoms with E-state index < -0.39 is 18.0 Å². The Morgan fingerprint density at radius 1 is 1.25 bits per heavy atom. The van der Waals surface area contributed by atoms with Gasteiger partial charge in [0, 0.05) is 12.6 Å². The number of hydrogen-bond donors (Lipinski definition) is 7. The molecule has 0 heterocycles. The molecule has 0 saturated heterocycles. The maximum Gasteiger partial charge on any atom is 0.328 e. The molecule has 0 aliphatic carbocycles. The summed E-state index contributed by atoms with van der Waals surface area (Å²) < 4.78 is 0. The van der Waals surface area contributed by atoms with Crippen LogP contribution in [0.4, 0.5) is 0 Å². The second kappa shape index (κ2) is 11.5. The Morgan fingerprint density at radius 3 is 2.29 bits per heavy atom. The first-order valence-electron chi connectivity index (χ1n) is 6.98. The highest BCUT2D eigenvalue weighted by molar-refractivity contribution is 5.85. The van der Waals surface area contributed by atoms with Gasteiger partial charge in [-0.3, -0.25) is 10.2 Å². The maximum absolute atomic E-state index is 10.2. The van der Waals surface area contributed by atoms with E-state index in [1.807, 2.05) is 0 Å². The van der Waals surface area contributed by atoms with Crippen LogP contribution in [0.5, 0.6) is 5.75 Å². The minimum absolute atomic E-state index is 0.112.